The molecule has 1 aliphatic carbocycles. The fraction of sp³-hybridized carbons (Fsp3) is 0.422. The first-order chi connectivity index (χ1) is 25.5. The molecule has 1 N–H and O–H groups in total. The van der Waals surface area contributed by atoms with Crippen molar-refractivity contribution in [1.82, 2.24) is 15.3 Å². The zero-order valence-electron chi connectivity index (χ0n) is 32.9. The highest BCUT2D eigenvalue weighted by Gasteiger charge is 2.47. The maximum absolute atomic E-state index is 12.3. The van der Waals surface area contributed by atoms with E-state index in [4.69, 9.17) is 9.47 Å². The molecule has 1 saturated carbocycles. The van der Waals surface area contributed by atoms with Crippen LogP contribution in [0.4, 0.5) is 0 Å². The van der Waals surface area contributed by atoms with Gasteiger partial charge in [-0.1, -0.05) is 69.3 Å². The van der Waals surface area contributed by atoms with Crippen molar-refractivity contribution >= 4 is 23.4 Å². The molecule has 1 saturated heterocycles. The molecular formula is C45H53N3O6. The van der Waals surface area contributed by atoms with Gasteiger partial charge in [0.2, 0.25) is 11.8 Å². The van der Waals surface area contributed by atoms with Crippen LogP contribution in [-0.4, -0.2) is 46.6 Å². The molecule has 2 aliphatic rings. The summed E-state index contributed by atoms with van der Waals surface area (Å²) in [4.78, 5) is 56.4. The fourth-order valence-corrected chi connectivity index (χ4v) is 7.44. The van der Waals surface area contributed by atoms with E-state index in [0.717, 1.165) is 58.2 Å². The topological polar surface area (TPSA) is 125 Å². The number of carbonyl (C=O) groups is 4. The van der Waals surface area contributed by atoms with Gasteiger partial charge in [-0.2, -0.15) is 0 Å². The molecule has 0 bridgehead atoms. The number of nitrogens with one attached hydrogen (secondary N) is 1. The van der Waals surface area contributed by atoms with E-state index in [9.17, 15) is 19.2 Å². The first-order valence-corrected chi connectivity index (χ1v) is 18.8. The molecule has 6 rings (SSSR count). The lowest BCUT2D eigenvalue weighted by Gasteiger charge is -2.29. The molecule has 4 aromatic rings. The summed E-state index contributed by atoms with van der Waals surface area (Å²) < 4.78 is 11.7. The minimum Gasteiger partial charge on any atom is -0.493 e. The Labute approximate surface area is 319 Å². The molecule has 0 radical (unpaired) electrons. The van der Waals surface area contributed by atoms with Crippen LogP contribution in [0.2, 0.25) is 0 Å². The average molecular weight is 732 g/mol. The summed E-state index contributed by atoms with van der Waals surface area (Å²) >= 11 is 0. The van der Waals surface area contributed by atoms with Crippen LogP contribution in [0.3, 0.4) is 0 Å². The maximum atomic E-state index is 12.3. The van der Waals surface area contributed by atoms with Gasteiger partial charge in [0, 0.05) is 78.1 Å². The Bertz CT molecular complexity index is 1820. The van der Waals surface area contributed by atoms with Gasteiger partial charge >= 0.3 is 0 Å². The maximum Gasteiger partial charge on any atom is 0.233 e. The number of rotatable bonds is 12. The third-order valence-electron chi connectivity index (χ3n) is 11.2. The van der Waals surface area contributed by atoms with Gasteiger partial charge in [-0.05, 0) is 68.7 Å². The number of hydrogen-bond acceptors (Lipinski definition) is 8. The van der Waals surface area contributed by atoms with E-state index in [2.05, 4.69) is 51.7 Å². The van der Waals surface area contributed by atoms with Crippen LogP contribution in [-0.2, 0) is 32.0 Å². The molecule has 9 nitrogen and oxygen atoms in total. The van der Waals surface area contributed by atoms with E-state index >= 15 is 0 Å². The number of ketones is 2. The van der Waals surface area contributed by atoms with Crippen LogP contribution in [0.15, 0.2) is 72.8 Å². The van der Waals surface area contributed by atoms with Crippen molar-refractivity contribution < 1.29 is 28.7 Å². The number of hydrogen-bond donors (Lipinski definition) is 1. The van der Waals surface area contributed by atoms with E-state index in [1.807, 2.05) is 91.8 Å². The highest BCUT2D eigenvalue weighted by atomic mass is 16.5. The molecule has 1 unspecified atom stereocenters. The number of carbonyl (C=O) groups excluding carboxylic acids is 4. The van der Waals surface area contributed by atoms with E-state index < -0.39 is 10.8 Å². The van der Waals surface area contributed by atoms with E-state index in [1.54, 1.807) is 0 Å². The molecule has 2 aromatic heterocycles. The van der Waals surface area contributed by atoms with Crippen LogP contribution in [0.25, 0.3) is 0 Å². The molecule has 0 spiro atoms. The number of amides is 2. The number of Topliss-reactive ketones (excluding diaryl/α,β-unsaturated/α-hetero) is 2. The van der Waals surface area contributed by atoms with E-state index in [-0.39, 0.29) is 48.1 Å². The molecule has 9 heteroatoms. The van der Waals surface area contributed by atoms with Gasteiger partial charge < -0.3 is 9.47 Å². The third kappa shape index (κ3) is 9.67. The van der Waals surface area contributed by atoms with Crippen LogP contribution in [0.1, 0.15) is 104 Å². The normalized spacial score (nSPS) is 20.6. The summed E-state index contributed by atoms with van der Waals surface area (Å²) in [5.41, 5.74) is 7.08. The number of pyridine rings is 2. The average Bonchev–Trinajstić information content (AvgIpc) is 3.54. The summed E-state index contributed by atoms with van der Waals surface area (Å²) in [7, 11) is 0. The molecule has 2 fully saturated rings. The number of benzene rings is 2. The molecule has 1 aliphatic heterocycles. The number of ether oxygens (including phenoxy) is 2. The zero-order valence-corrected chi connectivity index (χ0v) is 32.9. The number of nitrogens with zero attached hydrogens (tertiary/aromatic N) is 2. The second kappa shape index (κ2) is 16.9. The molecule has 2 aromatic carbocycles. The quantitative estimate of drug-likeness (QED) is 0.116. The molecular weight excluding hydrogens is 679 g/mol. The number of imide groups is 1. The van der Waals surface area contributed by atoms with Gasteiger partial charge in [0.05, 0.1) is 25.0 Å². The Morgan fingerprint density at radius 1 is 0.630 bits per heavy atom. The smallest absolute Gasteiger partial charge is 0.233 e. The van der Waals surface area contributed by atoms with Gasteiger partial charge in [-0.25, -0.2) is 0 Å². The number of aromatic nitrogens is 2. The van der Waals surface area contributed by atoms with Gasteiger partial charge in [0.15, 0.2) is 0 Å². The molecule has 54 heavy (non-hydrogen) atoms. The summed E-state index contributed by atoms with van der Waals surface area (Å²) in [6.07, 6.45) is 2.29. The lowest BCUT2D eigenvalue weighted by atomic mass is 9.72. The minimum atomic E-state index is -0.682. The van der Waals surface area contributed by atoms with Crippen molar-refractivity contribution in [3.05, 3.63) is 118 Å². The summed E-state index contributed by atoms with van der Waals surface area (Å²) in [5.74, 6) is 1.45. The molecule has 284 valence electrons. The second-order valence-corrected chi connectivity index (χ2v) is 15.5. The Hall–Kier alpha value is -5.18. The summed E-state index contributed by atoms with van der Waals surface area (Å²) in [6.45, 7) is 16.9. The van der Waals surface area contributed by atoms with Crippen LogP contribution >= 0.6 is 0 Å². The lowest BCUT2D eigenvalue weighted by Crippen LogP contribution is -2.33. The Morgan fingerprint density at radius 2 is 1.04 bits per heavy atom. The third-order valence-corrected chi connectivity index (χ3v) is 11.2. The van der Waals surface area contributed by atoms with Gasteiger partial charge in [0.25, 0.3) is 0 Å². The van der Waals surface area contributed by atoms with E-state index in [0.29, 0.717) is 19.6 Å². The Kier molecular flexibility index (Phi) is 12.5. The SMILES string of the molecule is Cc1cc(OCCc2ccc([C@@H](C)C3(C)CC(=O)NC3=O)cc2)cc(C)n1.Cc1cc(OCCc2ccc([C@@H](C)[C@]3(C)CC(=O)CC3=O)cc2)cc(C)n1. The van der Waals surface area contributed by atoms with Crippen molar-refractivity contribution in [2.75, 3.05) is 13.2 Å². The Morgan fingerprint density at radius 3 is 1.39 bits per heavy atom. The van der Waals surface area contributed by atoms with Crippen molar-refractivity contribution in [3.8, 4) is 11.5 Å². The highest BCUT2D eigenvalue weighted by molar-refractivity contribution is 6.09. The largest absolute Gasteiger partial charge is 0.493 e. The fourth-order valence-electron chi connectivity index (χ4n) is 7.44. The second-order valence-electron chi connectivity index (χ2n) is 15.5. The molecule has 2 amide bonds. The van der Waals surface area contributed by atoms with Crippen molar-refractivity contribution in [2.45, 2.75) is 99.3 Å². The van der Waals surface area contributed by atoms with Gasteiger partial charge in [0.1, 0.15) is 23.1 Å². The summed E-state index contributed by atoms with van der Waals surface area (Å²) in [6, 6.07) is 24.3. The predicted octanol–water partition coefficient (Wildman–Crippen LogP) is 7.84. The molecule has 3 heterocycles. The highest BCUT2D eigenvalue weighted by Crippen LogP contribution is 2.45. The summed E-state index contributed by atoms with van der Waals surface area (Å²) in [5, 5.41) is 2.42. The van der Waals surface area contributed by atoms with Gasteiger partial charge in [-0.15, -0.1) is 0 Å². The first-order valence-electron chi connectivity index (χ1n) is 18.8. The van der Waals surface area contributed by atoms with Crippen LogP contribution < -0.4 is 14.8 Å². The van der Waals surface area contributed by atoms with E-state index in [1.165, 1.54) is 11.1 Å². The molecule has 4 atom stereocenters. The number of aryl methyl sites for hydroxylation is 4. The lowest BCUT2D eigenvalue weighted by molar-refractivity contribution is -0.129. The van der Waals surface area contributed by atoms with Crippen molar-refractivity contribution in [3.63, 3.8) is 0 Å². The monoisotopic (exact) mass is 731 g/mol. The van der Waals surface area contributed by atoms with Crippen LogP contribution in [0.5, 0.6) is 11.5 Å². The first kappa shape index (κ1) is 40.0. The Balaban J connectivity index is 0.000000208. The van der Waals surface area contributed by atoms with Crippen molar-refractivity contribution in [1.29, 1.82) is 0 Å². The van der Waals surface area contributed by atoms with Gasteiger partial charge in [-0.3, -0.25) is 34.5 Å². The standard InChI is InChI=1S/C23H27NO3.C22H26N2O3/c1-15-11-21(12-16(2)24-15)27-10-9-18-5-7-19(8-6-18)17(3)23(4)14-20(25)13-22(23)26;1-14-11-19(12-15(2)23-14)27-10-9-17-5-7-18(8-6-17)16(3)22(4)13-20(25)24-21(22)26/h5-8,11-12,17H,9-10,13-14H2,1-4H3;5-8,11-12,16H,9-10,13H2,1-4H3,(H,24,25,26)/t17-,23+;16-,22?/m11/s1. The van der Waals surface area contributed by atoms with Crippen molar-refractivity contribution in [2.24, 2.45) is 10.8 Å². The predicted molar refractivity (Wildman–Crippen MR) is 209 cm³/mol. The minimum absolute atomic E-state index is 0.0305. The zero-order chi connectivity index (χ0) is 39.2. The van der Waals surface area contributed by atoms with Crippen LogP contribution in [0, 0.1) is 38.5 Å².